The summed E-state index contributed by atoms with van der Waals surface area (Å²) in [4.78, 5) is 23.8. The van der Waals surface area contributed by atoms with Crippen molar-refractivity contribution < 1.29 is 24.2 Å². The van der Waals surface area contributed by atoms with Crippen molar-refractivity contribution in [2.45, 2.75) is 219 Å². The van der Waals surface area contributed by atoms with Gasteiger partial charge in [-0.05, 0) is 12.8 Å². The molecule has 5 nitrogen and oxygen atoms in total. The van der Waals surface area contributed by atoms with Crippen molar-refractivity contribution in [3.05, 3.63) is 11.8 Å². The van der Waals surface area contributed by atoms with Crippen molar-refractivity contribution in [1.82, 2.24) is 0 Å². The fourth-order valence-electron chi connectivity index (χ4n) is 5.92. The van der Waals surface area contributed by atoms with Crippen LogP contribution >= 0.6 is 0 Å². The molecule has 268 valence electrons. The third-order valence-electron chi connectivity index (χ3n) is 8.94. The summed E-state index contributed by atoms with van der Waals surface area (Å²) in [6.07, 6.45) is 42.2. The molecule has 6 heteroatoms. The summed E-state index contributed by atoms with van der Waals surface area (Å²) in [5.74, 6) is -2.22. The summed E-state index contributed by atoms with van der Waals surface area (Å²) in [5.41, 5.74) is 0. The first-order valence-electron chi connectivity index (χ1n) is 19.9. The van der Waals surface area contributed by atoms with Gasteiger partial charge in [0.15, 0.2) is 0 Å². The summed E-state index contributed by atoms with van der Waals surface area (Å²) < 4.78 is 10.2. The Morgan fingerprint density at radius 3 is 0.935 bits per heavy atom. The fraction of sp³-hybridized carbons (Fsp3) is 0.900. The van der Waals surface area contributed by atoms with E-state index in [1.165, 1.54) is 167 Å². The average molecular weight is 661 g/mol. The summed E-state index contributed by atoms with van der Waals surface area (Å²) >= 11 is 0. The first-order valence-corrected chi connectivity index (χ1v) is 19.9. The maximum atomic E-state index is 11.9. The van der Waals surface area contributed by atoms with Crippen LogP contribution in [0.3, 0.4) is 0 Å². The molecular formula is C40H77NaO5. The molecule has 0 aromatic heterocycles. The number of aliphatic hydroxyl groups excluding tert-OH is 1. The molecule has 0 atom stereocenters. The van der Waals surface area contributed by atoms with Crippen LogP contribution in [-0.2, 0) is 19.1 Å². The van der Waals surface area contributed by atoms with Gasteiger partial charge in [-0.25, -0.2) is 9.59 Å². The molecule has 0 aliphatic rings. The van der Waals surface area contributed by atoms with E-state index < -0.39 is 17.7 Å². The topological polar surface area (TPSA) is 72.8 Å². The monoisotopic (exact) mass is 661 g/mol. The van der Waals surface area contributed by atoms with Crippen LogP contribution in [0.1, 0.15) is 219 Å². The Morgan fingerprint density at radius 1 is 0.413 bits per heavy atom. The van der Waals surface area contributed by atoms with Gasteiger partial charge in [-0.3, -0.25) is 0 Å². The fourth-order valence-corrected chi connectivity index (χ4v) is 5.92. The quantitative estimate of drug-likeness (QED) is 0.0238. The van der Waals surface area contributed by atoms with E-state index >= 15 is 0 Å². The number of carbonyl (C=O) groups excluding carboxylic acids is 2. The molecule has 0 radical (unpaired) electrons. The zero-order valence-electron chi connectivity index (χ0n) is 30.2. The second-order valence-electron chi connectivity index (χ2n) is 13.4. The van der Waals surface area contributed by atoms with Gasteiger partial charge in [0.1, 0.15) is 0 Å². The van der Waals surface area contributed by atoms with Crippen LogP contribution in [0.5, 0.6) is 0 Å². The zero-order chi connectivity index (χ0) is 32.9. The summed E-state index contributed by atoms with van der Waals surface area (Å²) in [6, 6.07) is 0. The maximum absolute atomic E-state index is 11.9. The molecule has 0 fully saturated rings. The van der Waals surface area contributed by atoms with Crippen molar-refractivity contribution in [2.75, 3.05) is 13.2 Å². The van der Waals surface area contributed by atoms with E-state index in [9.17, 15) is 14.7 Å². The van der Waals surface area contributed by atoms with Gasteiger partial charge in [0.2, 0.25) is 5.76 Å². The molecule has 46 heavy (non-hydrogen) atoms. The molecule has 0 saturated carbocycles. The molecule has 0 bridgehead atoms. The number of hydrogen-bond acceptors (Lipinski definition) is 5. The predicted molar refractivity (Wildman–Crippen MR) is 199 cm³/mol. The summed E-state index contributed by atoms with van der Waals surface area (Å²) in [7, 11) is 0. The number of unbranched alkanes of at least 4 members (excludes halogenated alkanes) is 30. The molecule has 0 spiro atoms. The van der Waals surface area contributed by atoms with Crippen LogP contribution in [0.4, 0.5) is 0 Å². The standard InChI is InChI=1S/C40H76O5.Na.H/c1-3-5-7-9-11-13-15-17-19-21-23-25-27-29-31-33-35-44-39(42)37-38(41)40(43)45-36-34-32-30-28-26-24-22-20-18-16-14-12-10-8-6-4-2;;/h37,41H,3-36H2,1-2H3;;/b38-37-;;. The predicted octanol–water partition coefficient (Wildman–Crippen LogP) is 12.4. The first-order chi connectivity index (χ1) is 22.1. The third kappa shape index (κ3) is 37.9. The van der Waals surface area contributed by atoms with E-state index in [0.29, 0.717) is 6.61 Å². The van der Waals surface area contributed by atoms with E-state index in [1.807, 2.05) is 0 Å². The van der Waals surface area contributed by atoms with Gasteiger partial charge in [0.05, 0.1) is 19.3 Å². The van der Waals surface area contributed by atoms with Crippen molar-refractivity contribution in [1.29, 1.82) is 0 Å². The molecule has 1 N–H and O–H groups in total. The van der Waals surface area contributed by atoms with Gasteiger partial charge in [-0.2, -0.15) is 0 Å². The number of ether oxygens (including phenoxy) is 2. The second-order valence-corrected chi connectivity index (χ2v) is 13.4. The SMILES string of the molecule is CCCCCCCCCCCCCCCCCCOC(=O)/C=C(\O)C(=O)OCCCCCCCCCCCCCCCCCC.[NaH]. The molecular weight excluding hydrogens is 583 g/mol. The van der Waals surface area contributed by atoms with Gasteiger partial charge in [0.25, 0.3) is 0 Å². The van der Waals surface area contributed by atoms with E-state index in [4.69, 9.17) is 9.47 Å². The molecule has 0 aromatic carbocycles. The van der Waals surface area contributed by atoms with Crippen molar-refractivity contribution in [2.24, 2.45) is 0 Å². The Hall–Kier alpha value is -0.520. The van der Waals surface area contributed by atoms with Crippen LogP contribution in [0.2, 0.25) is 0 Å². The third-order valence-corrected chi connectivity index (χ3v) is 8.94. The van der Waals surface area contributed by atoms with Crippen LogP contribution in [0, 0.1) is 0 Å². The Balaban J connectivity index is 0. The second kappa shape index (κ2) is 40.7. The number of esters is 2. The van der Waals surface area contributed by atoms with Crippen LogP contribution in [0.15, 0.2) is 11.8 Å². The average Bonchev–Trinajstić information content (AvgIpc) is 3.03. The Bertz CT molecular complexity index is 666. The van der Waals surface area contributed by atoms with E-state index in [1.54, 1.807) is 0 Å². The Labute approximate surface area is 308 Å². The van der Waals surface area contributed by atoms with Crippen molar-refractivity contribution in [3.8, 4) is 0 Å². The molecule has 0 saturated heterocycles. The molecule has 0 aliphatic carbocycles. The minimum absolute atomic E-state index is 0. The number of rotatable bonds is 36. The summed E-state index contributed by atoms with van der Waals surface area (Å²) in [5, 5.41) is 9.85. The molecule has 0 rings (SSSR count). The number of hydrogen-bond donors (Lipinski definition) is 1. The number of carbonyl (C=O) groups is 2. The molecule has 0 aromatic rings. The van der Waals surface area contributed by atoms with E-state index in [2.05, 4.69) is 13.8 Å². The normalized spacial score (nSPS) is 11.4. The van der Waals surface area contributed by atoms with Gasteiger partial charge >= 0.3 is 41.5 Å². The van der Waals surface area contributed by atoms with Crippen LogP contribution < -0.4 is 0 Å². The molecule has 0 aliphatic heterocycles. The van der Waals surface area contributed by atoms with Gasteiger partial charge in [0, 0.05) is 0 Å². The first kappa shape index (κ1) is 47.6. The van der Waals surface area contributed by atoms with Crippen molar-refractivity contribution in [3.63, 3.8) is 0 Å². The molecule has 0 unspecified atom stereocenters. The Morgan fingerprint density at radius 2 is 0.652 bits per heavy atom. The zero-order valence-corrected chi connectivity index (χ0v) is 30.2. The minimum atomic E-state index is -0.852. The summed E-state index contributed by atoms with van der Waals surface area (Å²) in [6.45, 7) is 5.12. The van der Waals surface area contributed by atoms with Crippen molar-refractivity contribution >= 4 is 41.5 Å². The van der Waals surface area contributed by atoms with Crippen LogP contribution in [-0.4, -0.2) is 59.8 Å². The van der Waals surface area contributed by atoms with E-state index in [-0.39, 0.29) is 36.2 Å². The Kier molecular flexibility index (Phi) is 42.1. The molecule has 0 heterocycles. The number of aliphatic hydroxyl groups is 1. The van der Waals surface area contributed by atoms with Gasteiger partial charge in [-0.15, -0.1) is 0 Å². The van der Waals surface area contributed by atoms with Gasteiger partial charge < -0.3 is 14.6 Å². The van der Waals surface area contributed by atoms with E-state index in [0.717, 1.165) is 44.6 Å². The molecule has 0 amide bonds. The van der Waals surface area contributed by atoms with Crippen LogP contribution in [0.25, 0.3) is 0 Å². The van der Waals surface area contributed by atoms with Gasteiger partial charge in [-0.1, -0.05) is 206 Å².